The molecule has 1 saturated heterocycles. The number of hydrogen-bond donors (Lipinski definition) is 0. The summed E-state index contributed by atoms with van der Waals surface area (Å²) in [6, 6.07) is 11.7. The van der Waals surface area contributed by atoms with Crippen LogP contribution in [-0.2, 0) is 4.79 Å². The van der Waals surface area contributed by atoms with E-state index in [1.807, 2.05) is 48.7 Å². The number of benzene rings is 1. The molecule has 116 valence electrons. The van der Waals surface area contributed by atoms with Crippen LogP contribution in [0.15, 0.2) is 63.6 Å². The van der Waals surface area contributed by atoms with Gasteiger partial charge in [-0.25, -0.2) is 4.99 Å². The number of carbonyl (C=O) groups is 1. The molecule has 3 rings (SSSR count). The Morgan fingerprint density at radius 2 is 2.17 bits per heavy atom. The van der Waals surface area contributed by atoms with Gasteiger partial charge in [0.1, 0.15) is 0 Å². The Balaban J connectivity index is 1.89. The van der Waals surface area contributed by atoms with E-state index in [9.17, 15) is 4.79 Å². The molecule has 4 nitrogen and oxygen atoms in total. The van der Waals surface area contributed by atoms with Crippen molar-refractivity contribution in [3.05, 3.63) is 59.3 Å². The molecule has 1 fully saturated rings. The summed E-state index contributed by atoms with van der Waals surface area (Å²) in [4.78, 5) is 24.4. The van der Waals surface area contributed by atoms with Gasteiger partial charge in [-0.1, -0.05) is 12.1 Å². The number of nitrogens with zero attached hydrogens (tertiary/aromatic N) is 3. The average molecular weight is 341 g/mol. The smallest absolute Gasteiger partial charge is 0.266 e. The average Bonchev–Trinajstić information content (AvgIpc) is 2.84. The van der Waals surface area contributed by atoms with Gasteiger partial charge < -0.3 is 0 Å². The van der Waals surface area contributed by atoms with Crippen molar-refractivity contribution < 1.29 is 4.79 Å². The number of carbonyl (C=O) groups excluding carboxylic acids is 1. The second-order valence-electron chi connectivity index (χ2n) is 4.86. The molecule has 0 aliphatic carbocycles. The number of amides is 1. The lowest BCUT2D eigenvalue weighted by molar-refractivity contribution is -0.121. The van der Waals surface area contributed by atoms with Gasteiger partial charge in [0.05, 0.1) is 10.6 Å². The number of pyridine rings is 1. The molecule has 0 saturated carbocycles. The van der Waals surface area contributed by atoms with Crippen LogP contribution in [0.4, 0.5) is 5.69 Å². The number of amidine groups is 1. The van der Waals surface area contributed by atoms with E-state index in [0.717, 1.165) is 16.1 Å². The minimum absolute atomic E-state index is 0.0429. The molecule has 0 N–H and O–H groups in total. The fraction of sp³-hybridized carbons (Fsp3) is 0.118. The maximum absolute atomic E-state index is 12.4. The Kier molecular flexibility index (Phi) is 4.83. The van der Waals surface area contributed by atoms with Gasteiger partial charge in [0.2, 0.25) is 0 Å². The van der Waals surface area contributed by atoms with Gasteiger partial charge in [-0.2, -0.15) is 0 Å². The van der Waals surface area contributed by atoms with Crippen molar-refractivity contribution in [3.8, 4) is 0 Å². The molecule has 2 heterocycles. The molecular weight excluding hydrogens is 326 g/mol. The summed E-state index contributed by atoms with van der Waals surface area (Å²) in [6.07, 6.45) is 7.32. The zero-order valence-electron chi connectivity index (χ0n) is 12.8. The molecule has 1 aromatic carbocycles. The number of thioether (sulfide) groups is 2. The van der Waals surface area contributed by atoms with E-state index >= 15 is 0 Å². The van der Waals surface area contributed by atoms with Crippen molar-refractivity contribution in [1.29, 1.82) is 0 Å². The van der Waals surface area contributed by atoms with Crippen molar-refractivity contribution in [1.82, 2.24) is 9.88 Å². The Labute approximate surface area is 143 Å². The minimum Gasteiger partial charge on any atom is -0.290 e. The van der Waals surface area contributed by atoms with Gasteiger partial charge in [0, 0.05) is 24.3 Å². The fourth-order valence-electron chi connectivity index (χ4n) is 2.05. The summed E-state index contributed by atoms with van der Waals surface area (Å²) >= 11 is 3.05. The lowest BCUT2D eigenvalue weighted by atomic mass is 10.2. The highest BCUT2D eigenvalue weighted by Crippen LogP contribution is 2.33. The first kappa shape index (κ1) is 15.8. The van der Waals surface area contributed by atoms with Crippen LogP contribution in [0.5, 0.6) is 0 Å². The molecule has 1 amide bonds. The molecule has 1 aliphatic heterocycles. The first-order chi connectivity index (χ1) is 11.2. The maximum Gasteiger partial charge on any atom is 0.266 e. The summed E-state index contributed by atoms with van der Waals surface area (Å²) in [7, 11) is 1.75. The van der Waals surface area contributed by atoms with Crippen LogP contribution in [0.3, 0.4) is 0 Å². The third-order valence-corrected chi connectivity index (χ3v) is 5.05. The zero-order chi connectivity index (χ0) is 16.2. The molecule has 0 spiro atoms. The molecule has 1 aliphatic rings. The highest BCUT2D eigenvalue weighted by Gasteiger charge is 2.30. The predicted molar refractivity (Wildman–Crippen MR) is 97.9 cm³/mol. The number of hydrogen-bond acceptors (Lipinski definition) is 5. The third kappa shape index (κ3) is 3.65. The van der Waals surface area contributed by atoms with Crippen LogP contribution < -0.4 is 0 Å². The van der Waals surface area contributed by atoms with Gasteiger partial charge in [-0.3, -0.25) is 14.7 Å². The van der Waals surface area contributed by atoms with Crippen LogP contribution in [-0.4, -0.2) is 34.3 Å². The molecule has 0 bridgehead atoms. The number of aromatic nitrogens is 1. The van der Waals surface area contributed by atoms with Crippen molar-refractivity contribution in [2.45, 2.75) is 4.90 Å². The van der Waals surface area contributed by atoms with Gasteiger partial charge in [0.15, 0.2) is 5.17 Å². The van der Waals surface area contributed by atoms with Crippen molar-refractivity contribution >= 4 is 46.4 Å². The molecule has 2 aromatic rings. The van der Waals surface area contributed by atoms with E-state index in [1.54, 1.807) is 36.1 Å². The molecular formula is C17H15N3OS2. The van der Waals surface area contributed by atoms with Crippen molar-refractivity contribution in [2.75, 3.05) is 13.3 Å². The van der Waals surface area contributed by atoms with Crippen LogP contribution in [0.1, 0.15) is 5.56 Å². The highest BCUT2D eigenvalue weighted by atomic mass is 32.2. The molecule has 1 aromatic heterocycles. The van der Waals surface area contributed by atoms with Crippen molar-refractivity contribution in [2.24, 2.45) is 4.99 Å². The largest absolute Gasteiger partial charge is 0.290 e. The summed E-state index contributed by atoms with van der Waals surface area (Å²) in [5.74, 6) is -0.0429. The monoisotopic (exact) mass is 341 g/mol. The Morgan fingerprint density at radius 3 is 2.91 bits per heavy atom. The maximum atomic E-state index is 12.4. The molecule has 0 unspecified atom stereocenters. The summed E-state index contributed by atoms with van der Waals surface area (Å²) < 4.78 is 0. The van der Waals surface area contributed by atoms with Crippen LogP contribution in [0.2, 0.25) is 0 Å². The van der Waals surface area contributed by atoms with Crippen LogP contribution >= 0.6 is 23.5 Å². The third-order valence-electron chi connectivity index (χ3n) is 3.26. The van der Waals surface area contributed by atoms with E-state index in [2.05, 4.69) is 9.98 Å². The summed E-state index contributed by atoms with van der Waals surface area (Å²) in [6.45, 7) is 0. The molecule has 0 radical (unpaired) electrons. The van der Waals surface area contributed by atoms with E-state index in [4.69, 9.17) is 0 Å². The highest BCUT2D eigenvalue weighted by molar-refractivity contribution is 8.18. The predicted octanol–water partition coefficient (Wildman–Crippen LogP) is 4.04. The van der Waals surface area contributed by atoms with E-state index in [1.165, 1.54) is 11.8 Å². The Bertz CT molecular complexity index is 787. The normalized spacial score (nSPS) is 18.2. The molecule has 23 heavy (non-hydrogen) atoms. The van der Waals surface area contributed by atoms with E-state index < -0.39 is 0 Å². The first-order valence-corrected chi connectivity index (χ1v) is 9.02. The zero-order valence-corrected chi connectivity index (χ0v) is 14.4. The van der Waals surface area contributed by atoms with Gasteiger partial charge >= 0.3 is 0 Å². The topological polar surface area (TPSA) is 45.6 Å². The Hall–Kier alpha value is -2.05. The standard InChI is InChI=1S/C17H15N3OS2/c1-20-16(21)15(9-12-5-4-8-18-11-12)23-17(20)19-13-6-3-7-14(10-13)22-2/h3-11H,1-2H3/b15-9+,19-17?. The van der Waals surface area contributed by atoms with E-state index in [-0.39, 0.29) is 5.91 Å². The number of likely N-dealkylation sites (N-methyl/N-ethyl adjacent to an activating group) is 1. The first-order valence-electron chi connectivity index (χ1n) is 6.98. The van der Waals surface area contributed by atoms with Gasteiger partial charge in [-0.15, -0.1) is 11.8 Å². The second kappa shape index (κ2) is 7.02. The number of rotatable bonds is 3. The minimum atomic E-state index is -0.0429. The molecule has 0 atom stereocenters. The lowest BCUT2D eigenvalue weighted by Gasteiger charge is -2.07. The molecule has 6 heteroatoms. The number of aliphatic imine (C=N–C) groups is 1. The van der Waals surface area contributed by atoms with Crippen LogP contribution in [0, 0.1) is 0 Å². The SMILES string of the molecule is CSc1cccc(N=C2S/C(=C/c3cccnc3)C(=O)N2C)c1. The van der Waals surface area contributed by atoms with Crippen LogP contribution in [0.25, 0.3) is 6.08 Å². The lowest BCUT2D eigenvalue weighted by Crippen LogP contribution is -2.23. The quantitative estimate of drug-likeness (QED) is 0.624. The van der Waals surface area contributed by atoms with E-state index in [0.29, 0.717) is 10.1 Å². The summed E-state index contributed by atoms with van der Waals surface area (Å²) in [5.41, 5.74) is 1.75. The van der Waals surface area contributed by atoms with Gasteiger partial charge in [0.25, 0.3) is 5.91 Å². The Morgan fingerprint density at radius 1 is 1.30 bits per heavy atom. The van der Waals surface area contributed by atoms with Crippen molar-refractivity contribution in [3.63, 3.8) is 0 Å². The van der Waals surface area contributed by atoms with Gasteiger partial charge in [-0.05, 0) is 53.9 Å². The summed E-state index contributed by atoms with van der Waals surface area (Å²) in [5, 5.41) is 0.684. The fourth-order valence-corrected chi connectivity index (χ4v) is 3.49. The second-order valence-corrected chi connectivity index (χ2v) is 6.75.